The molecule has 0 aliphatic heterocycles. The highest BCUT2D eigenvalue weighted by atomic mass is 79.9. The predicted molar refractivity (Wildman–Crippen MR) is 70.7 cm³/mol. The summed E-state index contributed by atoms with van der Waals surface area (Å²) < 4.78 is 1.00. The molecule has 0 saturated carbocycles. The first-order chi connectivity index (χ1) is 7.63. The van der Waals surface area contributed by atoms with Crippen molar-refractivity contribution in [2.75, 3.05) is 18.9 Å². The number of hydrogen-bond acceptors (Lipinski definition) is 1. The fourth-order valence-corrected chi connectivity index (χ4v) is 1.51. The normalized spacial score (nSPS) is 9.94. The second-order valence-corrected chi connectivity index (χ2v) is 4.63. The van der Waals surface area contributed by atoms with Crippen molar-refractivity contribution in [3.8, 4) is 0 Å². The highest BCUT2D eigenvalue weighted by molar-refractivity contribution is 9.10. The van der Waals surface area contributed by atoms with Gasteiger partial charge in [0.2, 0.25) is 0 Å². The van der Waals surface area contributed by atoms with Gasteiger partial charge in [0, 0.05) is 23.8 Å². The van der Waals surface area contributed by atoms with Crippen molar-refractivity contribution in [2.24, 2.45) is 0 Å². The molecule has 2 amide bonds. The van der Waals surface area contributed by atoms with Gasteiger partial charge in [-0.2, -0.15) is 0 Å². The van der Waals surface area contributed by atoms with E-state index in [9.17, 15) is 4.79 Å². The Morgan fingerprint density at radius 1 is 1.38 bits per heavy atom. The van der Waals surface area contributed by atoms with Gasteiger partial charge >= 0.3 is 6.03 Å². The van der Waals surface area contributed by atoms with Gasteiger partial charge in [-0.25, -0.2) is 4.79 Å². The molecule has 1 N–H and O–H groups in total. The second-order valence-electron chi connectivity index (χ2n) is 3.71. The number of nitrogens with one attached hydrogen (secondary N) is 1. The van der Waals surface area contributed by atoms with Gasteiger partial charge in [-0.15, -0.1) is 0 Å². The zero-order chi connectivity index (χ0) is 12.0. The first-order valence-electron chi connectivity index (χ1n) is 5.41. The van der Waals surface area contributed by atoms with E-state index in [-0.39, 0.29) is 6.03 Å². The molecule has 0 aliphatic carbocycles. The number of unbranched alkanes of at least 4 members (excludes halogenated alkanes) is 1. The molecule has 0 aliphatic rings. The summed E-state index contributed by atoms with van der Waals surface area (Å²) in [6, 6.07) is 7.49. The molecule has 0 heterocycles. The van der Waals surface area contributed by atoms with E-state index in [4.69, 9.17) is 0 Å². The summed E-state index contributed by atoms with van der Waals surface area (Å²) in [7, 11) is 1.81. The number of rotatable bonds is 4. The molecule has 3 nitrogen and oxygen atoms in total. The minimum absolute atomic E-state index is 0.0595. The third kappa shape index (κ3) is 4.23. The van der Waals surface area contributed by atoms with Crippen LogP contribution in [-0.2, 0) is 0 Å². The maximum absolute atomic E-state index is 11.7. The Bertz CT molecular complexity index is 337. The van der Waals surface area contributed by atoms with Crippen molar-refractivity contribution < 1.29 is 4.79 Å². The first-order valence-corrected chi connectivity index (χ1v) is 6.20. The lowest BCUT2D eigenvalue weighted by Gasteiger charge is -2.17. The van der Waals surface area contributed by atoms with Crippen LogP contribution in [0.25, 0.3) is 0 Å². The highest BCUT2D eigenvalue weighted by Crippen LogP contribution is 2.14. The van der Waals surface area contributed by atoms with Crippen LogP contribution >= 0.6 is 15.9 Å². The minimum Gasteiger partial charge on any atom is -0.328 e. The number of carbonyl (C=O) groups is 1. The lowest BCUT2D eigenvalue weighted by atomic mass is 10.3. The Morgan fingerprint density at radius 3 is 2.56 bits per heavy atom. The number of amides is 2. The number of nitrogens with zero attached hydrogens (tertiary/aromatic N) is 1. The molecule has 1 aromatic carbocycles. The minimum atomic E-state index is -0.0595. The van der Waals surface area contributed by atoms with Crippen LogP contribution in [-0.4, -0.2) is 24.5 Å². The van der Waals surface area contributed by atoms with Crippen molar-refractivity contribution in [2.45, 2.75) is 19.8 Å². The van der Waals surface area contributed by atoms with Gasteiger partial charge in [0.1, 0.15) is 0 Å². The highest BCUT2D eigenvalue weighted by Gasteiger charge is 2.07. The van der Waals surface area contributed by atoms with Crippen molar-refractivity contribution in [3.05, 3.63) is 28.7 Å². The number of benzene rings is 1. The Hall–Kier alpha value is -1.03. The summed E-state index contributed by atoms with van der Waals surface area (Å²) in [5.74, 6) is 0. The number of hydrogen-bond donors (Lipinski definition) is 1. The third-order valence-electron chi connectivity index (χ3n) is 2.29. The third-order valence-corrected chi connectivity index (χ3v) is 2.82. The predicted octanol–water partition coefficient (Wildman–Crippen LogP) is 3.71. The average molecular weight is 285 g/mol. The van der Waals surface area contributed by atoms with Crippen LogP contribution in [0.2, 0.25) is 0 Å². The molecule has 4 heteroatoms. The van der Waals surface area contributed by atoms with Gasteiger partial charge in [-0.3, -0.25) is 0 Å². The SMILES string of the molecule is CCCCN(C)C(=O)Nc1ccc(Br)cc1. The van der Waals surface area contributed by atoms with Crippen LogP contribution in [0.1, 0.15) is 19.8 Å². The molecule has 1 rings (SSSR count). The zero-order valence-corrected chi connectivity index (χ0v) is 11.3. The van der Waals surface area contributed by atoms with E-state index in [1.807, 2.05) is 31.3 Å². The van der Waals surface area contributed by atoms with Crippen molar-refractivity contribution in [1.29, 1.82) is 0 Å². The van der Waals surface area contributed by atoms with E-state index in [1.165, 1.54) is 0 Å². The van der Waals surface area contributed by atoms with Crippen LogP contribution in [0.3, 0.4) is 0 Å². The molecule has 0 aromatic heterocycles. The summed E-state index contributed by atoms with van der Waals surface area (Å²) in [5, 5.41) is 2.84. The van der Waals surface area contributed by atoms with Gasteiger partial charge in [0.05, 0.1) is 0 Å². The molecule has 0 atom stereocenters. The standard InChI is InChI=1S/C12H17BrN2O/c1-3-4-9-15(2)12(16)14-11-7-5-10(13)6-8-11/h5-8H,3-4,9H2,1-2H3,(H,14,16). The van der Waals surface area contributed by atoms with Gasteiger partial charge < -0.3 is 10.2 Å². The van der Waals surface area contributed by atoms with Crippen LogP contribution in [0, 0.1) is 0 Å². The number of carbonyl (C=O) groups excluding carboxylic acids is 1. The van der Waals surface area contributed by atoms with E-state index in [0.717, 1.165) is 29.5 Å². The number of anilines is 1. The number of urea groups is 1. The number of halogens is 1. The van der Waals surface area contributed by atoms with E-state index >= 15 is 0 Å². The first kappa shape index (κ1) is 13.0. The lowest BCUT2D eigenvalue weighted by Crippen LogP contribution is -2.32. The van der Waals surface area contributed by atoms with Gasteiger partial charge in [-0.1, -0.05) is 29.3 Å². The maximum atomic E-state index is 11.7. The van der Waals surface area contributed by atoms with Gasteiger partial charge in [0.25, 0.3) is 0 Å². The largest absolute Gasteiger partial charge is 0.328 e. The lowest BCUT2D eigenvalue weighted by molar-refractivity contribution is 0.222. The molecule has 16 heavy (non-hydrogen) atoms. The summed E-state index contributed by atoms with van der Waals surface area (Å²) in [4.78, 5) is 13.4. The summed E-state index contributed by atoms with van der Waals surface area (Å²) in [6.07, 6.45) is 2.13. The Morgan fingerprint density at radius 2 is 2.00 bits per heavy atom. The van der Waals surface area contributed by atoms with Crippen molar-refractivity contribution >= 4 is 27.6 Å². The quantitative estimate of drug-likeness (QED) is 0.898. The van der Waals surface area contributed by atoms with Crippen LogP contribution < -0.4 is 5.32 Å². The molecule has 0 spiro atoms. The van der Waals surface area contributed by atoms with E-state index in [1.54, 1.807) is 4.90 Å². The van der Waals surface area contributed by atoms with E-state index < -0.39 is 0 Å². The molecule has 0 radical (unpaired) electrons. The molecule has 0 bridgehead atoms. The summed E-state index contributed by atoms with van der Waals surface area (Å²) >= 11 is 3.35. The fourth-order valence-electron chi connectivity index (χ4n) is 1.25. The fraction of sp³-hybridized carbons (Fsp3) is 0.417. The Labute approximate surface area is 105 Å². The van der Waals surface area contributed by atoms with Crippen molar-refractivity contribution in [1.82, 2.24) is 4.90 Å². The van der Waals surface area contributed by atoms with E-state index in [2.05, 4.69) is 28.2 Å². The van der Waals surface area contributed by atoms with Crippen molar-refractivity contribution in [3.63, 3.8) is 0 Å². The molecule has 0 unspecified atom stereocenters. The monoisotopic (exact) mass is 284 g/mol. The van der Waals surface area contributed by atoms with Crippen LogP contribution in [0.5, 0.6) is 0 Å². The maximum Gasteiger partial charge on any atom is 0.321 e. The molecule has 1 aromatic rings. The second kappa shape index (κ2) is 6.53. The molecule has 0 fully saturated rings. The van der Waals surface area contributed by atoms with E-state index in [0.29, 0.717) is 0 Å². The van der Waals surface area contributed by atoms with Gasteiger partial charge in [0.15, 0.2) is 0 Å². The van der Waals surface area contributed by atoms with Gasteiger partial charge in [-0.05, 0) is 30.7 Å². The average Bonchev–Trinajstić information content (AvgIpc) is 2.29. The van der Waals surface area contributed by atoms with Crippen LogP contribution in [0.4, 0.5) is 10.5 Å². The topological polar surface area (TPSA) is 32.3 Å². The molecular weight excluding hydrogens is 268 g/mol. The van der Waals surface area contributed by atoms with Crippen LogP contribution in [0.15, 0.2) is 28.7 Å². The molecular formula is C12H17BrN2O. The Kier molecular flexibility index (Phi) is 5.32. The smallest absolute Gasteiger partial charge is 0.321 e. The zero-order valence-electron chi connectivity index (χ0n) is 9.66. The molecule has 0 saturated heterocycles. The summed E-state index contributed by atoms with van der Waals surface area (Å²) in [5.41, 5.74) is 0.816. The Balaban J connectivity index is 2.47. The summed E-state index contributed by atoms with van der Waals surface area (Å²) in [6.45, 7) is 2.90. The molecule has 88 valence electrons.